The first-order valence-electron chi connectivity index (χ1n) is 6.29. The lowest BCUT2D eigenvalue weighted by atomic mass is 10.1. The van der Waals surface area contributed by atoms with Gasteiger partial charge in [-0.2, -0.15) is 0 Å². The normalized spacial score (nSPS) is 12.6. The van der Waals surface area contributed by atoms with Gasteiger partial charge in [-0.3, -0.25) is 4.79 Å². The molecule has 0 saturated carbocycles. The summed E-state index contributed by atoms with van der Waals surface area (Å²) in [5.41, 5.74) is 5.70. The van der Waals surface area contributed by atoms with Crippen molar-refractivity contribution in [2.75, 3.05) is 6.26 Å². The highest BCUT2D eigenvalue weighted by atomic mass is 32.2. The molecule has 5 nitrogen and oxygen atoms in total. The molecule has 1 atom stereocenters. The van der Waals surface area contributed by atoms with Crippen LogP contribution >= 0.6 is 0 Å². The van der Waals surface area contributed by atoms with Gasteiger partial charge in [0.05, 0.1) is 4.90 Å². The summed E-state index contributed by atoms with van der Waals surface area (Å²) in [5, 5.41) is 0. The average Bonchev–Trinajstić information content (AvgIpc) is 2.45. The molecule has 7 heteroatoms. The minimum absolute atomic E-state index is 0.136. The molecular weight excluding hydrogens is 309 g/mol. The zero-order valence-corrected chi connectivity index (χ0v) is 12.5. The number of hydrogen-bond donors (Lipinski definition) is 1. The van der Waals surface area contributed by atoms with Crippen LogP contribution in [0.1, 0.15) is 11.7 Å². The molecule has 0 aliphatic rings. The van der Waals surface area contributed by atoms with E-state index in [1.807, 2.05) is 0 Å². The molecule has 0 aliphatic heterocycles. The lowest BCUT2D eigenvalue weighted by molar-refractivity contribution is -0.125. The summed E-state index contributed by atoms with van der Waals surface area (Å²) in [5.74, 6) is -0.899. The van der Waals surface area contributed by atoms with Crippen molar-refractivity contribution < 1.29 is 22.3 Å². The van der Waals surface area contributed by atoms with Gasteiger partial charge in [0.2, 0.25) is 6.10 Å². The molecule has 0 fully saturated rings. The fraction of sp³-hybridized carbons (Fsp3) is 0.133. The molecule has 0 spiro atoms. The van der Waals surface area contributed by atoms with Gasteiger partial charge < -0.3 is 10.5 Å². The van der Waals surface area contributed by atoms with Gasteiger partial charge in [0.1, 0.15) is 11.6 Å². The molecule has 0 aliphatic carbocycles. The van der Waals surface area contributed by atoms with Gasteiger partial charge in [0, 0.05) is 11.8 Å². The Bertz CT molecular complexity index is 770. The standard InChI is InChI=1S/C15H14FNO4S/c1-22(19,20)13-8-6-12(7-9-13)21-14(15(17)18)10-2-4-11(16)5-3-10/h2-9,14H,1H3,(H2,17,18). The first-order chi connectivity index (χ1) is 10.3. The maximum atomic E-state index is 12.9. The highest BCUT2D eigenvalue weighted by Gasteiger charge is 2.20. The first kappa shape index (κ1) is 16.0. The molecule has 0 heterocycles. The minimum atomic E-state index is -3.31. The number of nitrogens with two attached hydrogens (primary N) is 1. The smallest absolute Gasteiger partial charge is 0.263 e. The van der Waals surface area contributed by atoms with Crippen molar-refractivity contribution in [2.45, 2.75) is 11.0 Å². The molecule has 0 saturated heterocycles. The van der Waals surface area contributed by atoms with E-state index in [0.29, 0.717) is 5.56 Å². The van der Waals surface area contributed by atoms with Gasteiger partial charge in [0.15, 0.2) is 9.84 Å². The Morgan fingerprint density at radius 3 is 2.09 bits per heavy atom. The first-order valence-corrected chi connectivity index (χ1v) is 8.18. The fourth-order valence-electron chi connectivity index (χ4n) is 1.83. The van der Waals surface area contributed by atoms with Crippen molar-refractivity contribution in [3.8, 4) is 5.75 Å². The highest BCUT2D eigenvalue weighted by Crippen LogP contribution is 2.23. The lowest BCUT2D eigenvalue weighted by Crippen LogP contribution is -2.26. The Morgan fingerprint density at radius 2 is 1.64 bits per heavy atom. The Hall–Kier alpha value is -2.41. The van der Waals surface area contributed by atoms with Crippen LogP contribution in [-0.2, 0) is 14.6 Å². The van der Waals surface area contributed by atoms with Crippen molar-refractivity contribution in [2.24, 2.45) is 5.73 Å². The zero-order valence-electron chi connectivity index (χ0n) is 11.7. The monoisotopic (exact) mass is 323 g/mol. The molecule has 2 N–H and O–H groups in total. The molecule has 2 aromatic rings. The number of hydrogen-bond acceptors (Lipinski definition) is 4. The summed E-state index contributed by atoms with van der Waals surface area (Å²) in [4.78, 5) is 11.7. The van der Waals surface area contributed by atoms with Crippen molar-refractivity contribution in [3.05, 3.63) is 59.9 Å². The number of primary amides is 1. The van der Waals surface area contributed by atoms with E-state index in [-0.39, 0.29) is 10.6 Å². The van der Waals surface area contributed by atoms with Crippen LogP contribution in [0.25, 0.3) is 0 Å². The second kappa shape index (κ2) is 6.15. The Kier molecular flexibility index (Phi) is 4.46. The highest BCUT2D eigenvalue weighted by molar-refractivity contribution is 7.90. The third-order valence-corrected chi connectivity index (χ3v) is 4.07. The second-order valence-electron chi connectivity index (χ2n) is 4.70. The largest absolute Gasteiger partial charge is 0.476 e. The van der Waals surface area contributed by atoms with E-state index in [0.717, 1.165) is 6.26 Å². The van der Waals surface area contributed by atoms with Crippen LogP contribution in [0.2, 0.25) is 0 Å². The number of halogens is 1. The molecule has 0 radical (unpaired) electrons. The molecule has 0 aromatic heterocycles. The van der Waals surface area contributed by atoms with Crippen molar-refractivity contribution in [3.63, 3.8) is 0 Å². The van der Waals surface area contributed by atoms with E-state index in [4.69, 9.17) is 10.5 Å². The summed E-state index contributed by atoms with van der Waals surface area (Å²) < 4.78 is 41.2. The molecular formula is C15H14FNO4S. The molecule has 0 bridgehead atoms. The van der Waals surface area contributed by atoms with Crippen molar-refractivity contribution >= 4 is 15.7 Å². The predicted octanol–water partition coefficient (Wildman–Crippen LogP) is 1.83. The van der Waals surface area contributed by atoms with Crippen LogP contribution in [0.15, 0.2) is 53.4 Å². The van der Waals surface area contributed by atoms with Gasteiger partial charge in [-0.25, -0.2) is 12.8 Å². The number of amides is 1. The molecule has 1 unspecified atom stereocenters. The number of carbonyl (C=O) groups is 1. The Labute approximate surface area is 127 Å². The van der Waals surface area contributed by atoms with Crippen LogP contribution in [0.5, 0.6) is 5.75 Å². The summed E-state index contributed by atoms with van der Waals surface area (Å²) >= 11 is 0. The maximum absolute atomic E-state index is 12.9. The number of sulfone groups is 1. The quantitative estimate of drug-likeness (QED) is 0.909. The summed E-state index contributed by atoms with van der Waals surface area (Å²) in [6.45, 7) is 0. The topological polar surface area (TPSA) is 86.5 Å². The van der Waals surface area contributed by atoms with E-state index in [1.54, 1.807) is 0 Å². The van der Waals surface area contributed by atoms with Crippen LogP contribution < -0.4 is 10.5 Å². The van der Waals surface area contributed by atoms with Gasteiger partial charge in [-0.1, -0.05) is 12.1 Å². The number of ether oxygens (including phenoxy) is 1. The van der Waals surface area contributed by atoms with E-state index < -0.39 is 27.7 Å². The molecule has 2 rings (SSSR count). The molecule has 2 aromatic carbocycles. The van der Waals surface area contributed by atoms with Gasteiger partial charge in [0.25, 0.3) is 5.91 Å². The third kappa shape index (κ3) is 3.82. The van der Waals surface area contributed by atoms with Crippen LogP contribution in [0.4, 0.5) is 4.39 Å². The van der Waals surface area contributed by atoms with Gasteiger partial charge >= 0.3 is 0 Å². The Morgan fingerprint density at radius 1 is 1.09 bits per heavy atom. The number of carbonyl (C=O) groups excluding carboxylic acids is 1. The van der Waals surface area contributed by atoms with Crippen molar-refractivity contribution in [1.82, 2.24) is 0 Å². The van der Waals surface area contributed by atoms with E-state index in [1.165, 1.54) is 48.5 Å². The summed E-state index contributed by atoms with van der Waals surface area (Å²) in [6.07, 6.45) is -0.00202. The number of rotatable bonds is 5. The molecule has 116 valence electrons. The SMILES string of the molecule is CS(=O)(=O)c1ccc(OC(C(N)=O)c2ccc(F)cc2)cc1. The van der Waals surface area contributed by atoms with Crippen LogP contribution in [0.3, 0.4) is 0 Å². The molecule has 22 heavy (non-hydrogen) atoms. The Balaban J connectivity index is 2.25. The maximum Gasteiger partial charge on any atom is 0.263 e. The van der Waals surface area contributed by atoms with Gasteiger partial charge in [-0.15, -0.1) is 0 Å². The van der Waals surface area contributed by atoms with Crippen molar-refractivity contribution in [1.29, 1.82) is 0 Å². The summed E-state index contributed by atoms with van der Waals surface area (Å²) in [7, 11) is -3.31. The second-order valence-corrected chi connectivity index (χ2v) is 6.71. The van der Waals surface area contributed by atoms with Crippen LogP contribution in [-0.4, -0.2) is 20.6 Å². The third-order valence-electron chi connectivity index (χ3n) is 2.94. The minimum Gasteiger partial charge on any atom is -0.476 e. The van der Waals surface area contributed by atoms with Gasteiger partial charge in [-0.05, 0) is 36.4 Å². The lowest BCUT2D eigenvalue weighted by Gasteiger charge is -2.16. The summed E-state index contributed by atoms with van der Waals surface area (Å²) in [6, 6.07) is 10.8. The van der Waals surface area contributed by atoms with E-state index in [2.05, 4.69) is 0 Å². The zero-order chi connectivity index (χ0) is 16.3. The predicted molar refractivity (Wildman–Crippen MR) is 78.5 cm³/mol. The van der Waals surface area contributed by atoms with Crippen LogP contribution in [0, 0.1) is 5.82 Å². The molecule has 1 amide bonds. The fourth-order valence-corrected chi connectivity index (χ4v) is 2.46. The van der Waals surface area contributed by atoms with E-state index in [9.17, 15) is 17.6 Å². The average molecular weight is 323 g/mol. The van der Waals surface area contributed by atoms with E-state index >= 15 is 0 Å². The number of benzene rings is 2.